The van der Waals surface area contributed by atoms with Gasteiger partial charge in [0.1, 0.15) is 0 Å². The average Bonchev–Trinajstić information content (AvgIpc) is 2.25. The highest BCUT2D eigenvalue weighted by Crippen LogP contribution is 2.26. The van der Waals surface area contributed by atoms with Crippen LogP contribution in [0, 0.1) is 5.92 Å². The van der Waals surface area contributed by atoms with Crippen molar-refractivity contribution >= 4 is 0 Å². The normalized spacial score (nSPS) is 21.0. The zero-order valence-electron chi connectivity index (χ0n) is 9.47. The molecule has 0 spiro atoms. The monoisotopic (exact) mass is 199 g/mol. The SMILES string of the molecule is C[C@@H](NCCCCO)C1CCCCC1. The van der Waals surface area contributed by atoms with Gasteiger partial charge in [0.2, 0.25) is 0 Å². The van der Waals surface area contributed by atoms with Crippen molar-refractivity contribution in [3.8, 4) is 0 Å². The topological polar surface area (TPSA) is 32.3 Å². The molecule has 0 amide bonds. The van der Waals surface area contributed by atoms with Gasteiger partial charge in [-0.15, -0.1) is 0 Å². The fourth-order valence-corrected chi connectivity index (χ4v) is 2.37. The molecule has 2 nitrogen and oxygen atoms in total. The second kappa shape index (κ2) is 7.24. The van der Waals surface area contributed by atoms with E-state index < -0.39 is 0 Å². The third-order valence-electron chi connectivity index (χ3n) is 3.41. The first-order valence-electron chi connectivity index (χ1n) is 6.19. The van der Waals surface area contributed by atoms with Crippen molar-refractivity contribution in [1.29, 1.82) is 0 Å². The van der Waals surface area contributed by atoms with Crippen molar-refractivity contribution in [1.82, 2.24) is 5.32 Å². The van der Waals surface area contributed by atoms with Crippen LogP contribution in [0.25, 0.3) is 0 Å². The van der Waals surface area contributed by atoms with Gasteiger partial charge in [-0.25, -0.2) is 0 Å². The summed E-state index contributed by atoms with van der Waals surface area (Å²) in [7, 11) is 0. The Hall–Kier alpha value is -0.0800. The largest absolute Gasteiger partial charge is 0.396 e. The minimum atomic E-state index is 0.333. The Morgan fingerprint density at radius 1 is 1.21 bits per heavy atom. The maximum absolute atomic E-state index is 8.65. The highest BCUT2D eigenvalue weighted by atomic mass is 16.2. The minimum absolute atomic E-state index is 0.333. The van der Waals surface area contributed by atoms with Crippen molar-refractivity contribution in [3.63, 3.8) is 0 Å². The number of nitrogens with one attached hydrogen (secondary N) is 1. The van der Waals surface area contributed by atoms with Gasteiger partial charge in [0.25, 0.3) is 0 Å². The average molecular weight is 199 g/mol. The molecule has 0 aliphatic heterocycles. The summed E-state index contributed by atoms with van der Waals surface area (Å²) in [5.74, 6) is 0.901. The molecule has 1 aliphatic carbocycles. The Morgan fingerprint density at radius 3 is 2.57 bits per heavy atom. The molecule has 0 heterocycles. The van der Waals surface area contributed by atoms with Crippen molar-refractivity contribution in [2.75, 3.05) is 13.2 Å². The molecule has 0 aromatic rings. The van der Waals surface area contributed by atoms with Crippen LogP contribution in [0.1, 0.15) is 51.9 Å². The molecular weight excluding hydrogens is 174 g/mol. The number of hydrogen-bond acceptors (Lipinski definition) is 2. The molecule has 84 valence electrons. The van der Waals surface area contributed by atoms with Crippen LogP contribution in [0.15, 0.2) is 0 Å². The lowest BCUT2D eigenvalue weighted by Crippen LogP contribution is -2.35. The van der Waals surface area contributed by atoms with E-state index in [0.29, 0.717) is 12.6 Å². The molecule has 0 unspecified atom stereocenters. The van der Waals surface area contributed by atoms with E-state index in [1.54, 1.807) is 0 Å². The van der Waals surface area contributed by atoms with Gasteiger partial charge in [0, 0.05) is 12.6 Å². The summed E-state index contributed by atoms with van der Waals surface area (Å²) in [6.45, 7) is 3.71. The summed E-state index contributed by atoms with van der Waals surface area (Å²) >= 11 is 0. The molecule has 0 aromatic carbocycles. The van der Waals surface area contributed by atoms with Gasteiger partial charge in [0.15, 0.2) is 0 Å². The molecule has 14 heavy (non-hydrogen) atoms. The van der Waals surface area contributed by atoms with E-state index in [-0.39, 0.29) is 0 Å². The van der Waals surface area contributed by atoms with Crippen LogP contribution in [0.4, 0.5) is 0 Å². The molecule has 2 heteroatoms. The quantitative estimate of drug-likeness (QED) is 0.643. The first kappa shape index (κ1) is 12.0. The molecule has 2 N–H and O–H groups in total. The third-order valence-corrected chi connectivity index (χ3v) is 3.41. The smallest absolute Gasteiger partial charge is 0.0431 e. The second-order valence-corrected chi connectivity index (χ2v) is 4.57. The van der Waals surface area contributed by atoms with Crippen LogP contribution in [-0.2, 0) is 0 Å². The fraction of sp³-hybridized carbons (Fsp3) is 1.00. The third kappa shape index (κ3) is 4.43. The summed E-state index contributed by atoms with van der Waals surface area (Å²) in [5, 5.41) is 12.2. The van der Waals surface area contributed by atoms with Crippen molar-refractivity contribution in [3.05, 3.63) is 0 Å². The van der Waals surface area contributed by atoms with Gasteiger partial charge in [-0.2, -0.15) is 0 Å². The van der Waals surface area contributed by atoms with Crippen LogP contribution >= 0.6 is 0 Å². The Balaban J connectivity index is 2.04. The van der Waals surface area contributed by atoms with Gasteiger partial charge in [0.05, 0.1) is 0 Å². The lowest BCUT2D eigenvalue weighted by Gasteiger charge is -2.28. The number of unbranched alkanes of at least 4 members (excludes halogenated alkanes) is 1. The molecule has 1 saturated carbocycles. The molecule has 0 bridgehead atoms. The molecule has 1 fully saturated rings. The molecule has 0 saturated heterocycles. The predicted molar refractivity (Wildman–Crippen MR) is 60.4 cm³/mol. The summed E-state index contributed by atoms with van der Waals surface area (Å²) in [4.78, 5) is 0. The van der Waals surface area contributed by atoms with Crippen molar-refractivity contribution in [2.24, 2.45) is 5.92 Å². The Kier molecular flexibility index (Phi) is 6.20. The van der Waals surface area contributed by atoms with Gasteiger partial charge in [-0.1, -0.05) is 19.3 Å². The summed E-state index contributed by atoms with van der Waals surface area (Å²) in [5.41, 5.74) is 0. The molecule has 1 rings (SSSR count). The van der Waals surface area contributed by atoms with E-state index >= 15 is 0 Å². The van der Waals surface area contributed by atoms with Crippen LogP contribution in [0.2, 0.25) is 0 Å². The summed E-state index contributed by atoms with van der Waals surface area (Å²) < 4.78 is 0. The van der Waals surface area contributed by atoms with E-state index in [9.17, 15) is 0 Å². The number of hydrogen-bond donors (Lipinski definition) is 2. The standard InChI is InChI=1S/C12H25NO/c1-11(13-9-5-6-10-14)12-7-3-2-4-8-12/h11-14H,2-10H2,1H3/t11-/m1/s1. The van der Waals surface area contributed by atoms with Crippen molar-refractivity contribution < 1.29 is 5.11 Å². The van der Waals surface area contributed by atoms with Crippen LogP contribution in [0.3, 0.4) is 0 Å². The van der Waals surface area contributed by atoms with E-state index in [1.165, 1.54) is 32.1 Å². The number of aliphatic hydroxyl groups excluding tert-OH is 1. The Labute approximate surface area is 88.1 Å². The van der Waals surface area contributed by atoms with E-state index in [1.807, 2.05) is 0 Å². The number of rotatable bonds is 6. The molecule has 0 radical (unpaired) electrons. The maximum Gasteiger partial charge on any atom is 0.0431 e. The van der Waals surface area contributed by atoms with Gasteiger partial charge in [-0.05, 0) is 45.1 Å². The van der Waals surface area contributed by atoms with Crippen LogP contribution < -0.4 is 5.32 Å². The van der Waals surface area contributed by atoms with E-state index in [0.717, 1.165) is 25.3 Å². The van der Waals surface area contributed by atoms with Gasteiger partial charge < -0.3 is 10.4 Å². The molecule has 1 aliphatic rings. The van der Waals surface area contributed by atoms with Gasteiger partial charge >= 0.3 is 0 Å². The lowest BCUT2D eigenvalue weighted by molar-refractivity contribution is 0.266. The van der Waals surface area contributed by atoms with Crippen LogP contribution in [0.5, 0.6) is 0 Å². The minimum Gasteiger partial charge on any atom is -0.396 e. The summed E-state index contributed by atoms with van der Waals surface area (Å²) in [6.07, 6.45) is 9.15. The molecule has 0 aromatic heterocycles. The first-order valence-corrected chi connectivity index (χ1v) is 6.19. The molecule has 1 atom stereocenters. The predicted octanol–water partition coefficient (Wildman–Crippen LogP) is 2.32. The van der Waals surface area contributed by atoms with Crippen molar-refractivity contribution in [2.45, 2.75) is 57.9 Å². The zero-order chi connectivity index (χ0) is 10.2. The number of aliphatic hydroxyl groups is 1. The lowest BCUT2D eigenvalue weighted by atomic mass is 9.84. The Bertz CT molecular complexity index is 132. The first-order chi connectivity index (χ1) is 6.84. The fourth-order valence-electron chi connectivity index (χ4n) is 2.37. The highest BCUT2D eigenvalue weighted by molar-refractivity contribution is 4.75. The van der Waals surface area contributed by atoms with E-state index in [2.05, 4.69) is 12.2 Å². The maximum atomic E-state index is 8.65. The van der Waals surface area contributed by atoms with Crippen LogP contribution in [-0.4, -0.2) is 24.3 Å². The Morgan fingerprint density at radius 2 is 1.93 bits per heavy atom. The van der Waals surface area contributed by atoms with Gasteiger partial charge in [-0.3, -0.25) is 0 Å². The molecular formula is C12H25NO. The second-order valence-electron chi connectivity index (χ2n) is 4.57. The summed E-state index contributed by atoms with van der Waals surface area (Å²) in [6, 6.07) is 0.675. The highest BCUT2D eigenvalue weighted by Gasteiger charge is 2.18. The zero-order valence-corrected chi connectivity index (χ0v) is 9.47. The van der Waals surface area contributed by atoms with E-state index in [4.69, 9.17) is 5.11 Å².